The van der Waals surface area contributed by atoms with Crippen molar-refractivity contribution in [1.29, 1.82) is 0 Å². The summed E-state index contributed by atoms with van der Waals surface area (Å²) < 4.78 is 11.1. The molecular formula is C12H21NO2Si. The molecule has 0 bridgehead atoms. The SMILES string of the molecule is CCC(Nc1ccccc1)[Si](C)(OC)OC. The minimum Gasteiger partial charge on any atom is -0.397 e. The Balaban J connectivity index is 2.76. The Labute approximate surface area is 99.0 Å². The van der Waals surface area contributed by atoms with Crippen LogP contribution in [-0.4, -0.2) is 28.4 Å². The smallest absolute Gasteiger partial charge is 0.357 e. The van der Waals surface area contributed by atoms with Gasteiger partial charge in [-0.15, -0.1) is 0 Å². The highest BCUT2D eigenvalue weighted by Gasteiger charge is 2.38. The van der Waals surface area contributed by atoms with Gasteiger partial charge in [-0.05, 0) is 25.1 Å². The summed E-state index contributed by atoms with van der Waals surface area (Å²) in [6.45, 7) is 4.22. The number of hydrogen-bond acceptors (Lipinski definition) is 3. The number of benzene rings is 1. The number of rotatable bonds is 6. The third-order valence-corrected chi connectivity index (χ3v) is 6.41. The molecule has 3 nitrogen and oxygen atoms in total. The van der Waals surface area contributed by atoms with E-state index in [1.807, 2.05) is 18.2 Å². The molecule has 0 aliphatic rings. The molecule has 0 heterocycles. The molecular weight excluding hydrogens is 218 g/mol. The highest BCUT2D eigenvalue weighted by Crippen LogP contribution is 2.18. The Kier molecular flexibility index (Phi) is 4.98. The van der Waals surface area contributed by atoms with Gasteiger partial charge < -0.3 is 14.2 Å². The fraction of sp³-hybridized carbons (Fsp3) is 0.500. The van der Waals surface area contributed by atoms with Crippen LogP contribution in [0.25, 0.3) is 0 Å². The maximum Gasteiger partial charge on any atom is 0.357 e. The van der Waals surface area contributed by atoms with Crippen LogP contribution in [0, 0.1) is 0 Å². The number of hydrogen-bond donors (Lipinski definition) is 1. The van der Waals surface area contributed by atoms with E-state index < -0.39 is 8.56 Å². The minimum atomic E-state index is -2.12. The molecule has 0 amide bonds. The molecule has 1 aromatic carbocycles. The van der Waals surface area contributed by atoms with Gasteiger partial charge in [0.1, 0.15) is 0 Å². The van der Waals surface area contributed by atoms with E-state index in [9.17, 15) is 0 Å². The number of anilines is 1. The van der Waals surface area contributed by atoms with Crippen molar-refractivity contribution in [2.45, 2.75) is 25.6 Å². The first kappa shape index (κ1) is 13.2. The molecule has 0 radical (unpaired) electrons. The zero-order chi connectivity index (χ0) is 12.0. The third kappa shape index (κ3) is 3.07. The van der Waals surface area contributed by atoms with Gasteiger partial charge in [-0.3, -0.25) is 0 Å². The van der Waals surface area contributed by atoms with Gasteiger partial charge in [0.25, 0.3) is 0 Å². The van der Waals surface area contributed by atoms with Crippen LogP contribution in [0.4, 0.5) is 5.69 Å². The normalized spacial score (nSPS) is 13.5. The second-order valence-electron chi connectivity index (χ2n) is 3.90. The van der Waals surface area contributed by atoms with Gasteiger partial charge in [0, 0.05) is 19.9 Å². The monoisotopic (exact) mass is 239 g/mol. The standard InChI is InChI=1S/C12H21NO2Si/c1-5-12(16(4,14-2)15-3)13-11-9-7-6-8-10-11/h6-10,12-13H,5H2,1-4H3. The topological polar surface area (TPSA) is 30.5 Å². The largest absolute Gasteiger partial charge is 0.397 e. The molecule has 90 valence electrons. The van der Waals surface area contributed by atoms with Crippen molar-refractivity contribution in [1.82, 2.24) is 0 Å². The van der Waals surface area contributed by atoms with Crippen LogP contribution in [0.15, 0.2) is 30.3 Å². The molecule has 1 rings (SSSR count). The zero-order valence-electron chi connectivity index (χ0n) is 10.5. The van der Waals surface area contributed by atoms with Crippen LogP contribution in [-0.2, 0) is 8.85 Å². The van der Waals surface area contributed by atoms with E-state index in [1.54, 1.807) is 14.2 Å². The molecule has 0 aromatic heterocycles. The van der Waals surface area contributed by atoms with Crippen molar-refractivity contribution in [3.63, 3.8) is 0 Å². The molecule has 0 aliphatic carbocycles. The van der Waals surface area contributed by atoms with E-state index in [2.05, 4.69) is 30.9 Å². The van der Waals surface area contributed by atoms with Gasteiger partial charge in [-0.2, -0.15) is 0 Å². The molecule has 1 aromatic rings. The van der Waals surface area contributed by atoms with E-state index in [0.29, 0.717) is 0 Å². The molecule has 1 unspecified atom stereocenters. The van der Waals surface area contributed by atoms with Crippen molar-refractivity contribution in [2.24, 2.45) is 0 Å². The number of nitrogens with one attached hydrogen (secondary N) is 1. The van der Waals surface area contributed by atoms with Crippen molar-refractivity contribution in [3.05, 3.63) is 30.3 Å². The second kappa shape index (κ2) is 6.03. The quantitative estimate of drug-likeness (QED) is 0.774. The Morgan fingerprint density at radius 2 is 1.75 bits per heavy atom. The lowest BCUT2D eigenvalue weighted by Crippen LogP contribution is -2.53. The van der Waals surface area contributed by atoms with Crippen LogP contribution in [0.5, 0.6) is 0 Å². The van der Waals surface area contributed by atoms with Crippen molar-refractivity contribution in [3.8, 4) is 0 Å². The molecule has 1 atom stereocenters. The first-order chi connectivity index (χ1) is 7.66. The Morgan fingerprint density at radius 1 is 1.19 bits per heavy atom. The van der Waals surface area contributed by atoms with Gasteiger partial charge in [-0.1, -0.05) is 25.1 Å². The van der Waals surface area contributed by atoms with Crippen molar-refractivity contribution in [2.75, 3.05) is 19.5 Å². The lowest BCUT2D eigenvalue weighted by atomic mass is 10.3. The minimum absolute atomic E-state index is 0.255. The maximum atomic E-state index is 5.57. The Bertz CT molecular complexity index is 301. The summed E-state index contributed by atoms with van der Waals surface area (Å²) >= 11 is 0. The highest BCUT2D eigenvalue weighted by atomic mass is 28.4. The van der Waals surface area contributed by atoms with Crippen LogP contribution in [0.3, 0.4) is 0 Å². The molecule has 0 fully saturated rings. The fourth-order valence-electron chi connectivity index (χ4n) is 1.71. The summed E-state index contributed by atoms with van der Waals surface area (Å²) in [4.78, 5) is 0. The fourth-order valence-corrected chi connectivity index (χ4v) is 3.61. The molecule has 0 spiro atoms. The first-order valence-electron chi connectivity index (χ1n) is 5.58. The molecule has 0 saturated heterocycles. The lowest BCUT2D eigenvalue weighted by Gasteiger charge is -2.32. The maximum absolute atomic E-state index is 5.57. The average Bonchev–Trinajstić information content (AvgIpc) is 2.36. The summed E-state index contributed by atoms with van der Waals surface area (Å²) in [5.74, 6) is 0. The summed E-state index contributed by atoms with van der Waals surface area (Å²) in [7, 11) is 1.33. The summed E-state index contributed by atoms with van der Waals surface area (Å²) in [5.41, 5.74) is 1.37. The van der Waals surface area contributed by atoms with E-state index in [1.165, 1.54) is 0 Å². The van der Waals surface area contributed by atoms with Gasteiger partial charge in [0.15, 0.2) is 0 Å². The Morgan fingerprint density at radius 3 is 2.19 bits per heavy atom. The summed E-state index contributed by atoms with van der Waals surface area (Å²) in [6, 6.07) is 10.2. The third-order valence-electron chi connectivity index (χ3n) is 2.97. The molecule has 0 aliphatic heterocycles. The van der Waals surface area contributed by atoms with E-state index in [0.717, 1.165) is 12.1 Å². The van der Waals surface area contributed by atoms with Crippen molar-refractivity contribution < 1.29 is 8.85 Å². The van der Waals surface area contributed by atoms with E-state index >= 15 is 0 Å². The lowest BCUT2D eigenvalue weighted by molar-refractivity contribution is 0.240. The van der Waals surface area contributed by atoms with Crippen molar-refractivity contribution >= 4 is 14.2 Å². The van der Waals surface area contributed by atoms with Crippen LogP contribution in [0.1, 0.15) is 13.3 Å². The van der Waals surface area contributed by atoms with Crippen LogP contribution >= 0.6 is 0 Å². The van der Waals surface area contributed by atoms with Crippen LogP contribution < -0.4 is 5.32 Å². The predicted octanol–water partition coefficient (Wildman–Crippen LogP) is 2.78. The number of para-hydroxylation sites is 1. The van der Waals surface area contributed by atoms with E-state index in [4.69, 9.17) is 8.85 Å². The summed E-state index contributed by atoms with van der Waals surface area (Å²) in [5, 5.41) is 3.48. The highest BCUT2D eigenvalue weighted by molar-refractivity contribution is 6.68. The zero-order valence-corrected chi connectivity index (χ0v) is 11.5. The van der Waals surface area contributed by atoms with E-state index in [-0.39, 0.29) is 5.67 Å². The first-order valence-corrected chi connectivity index (χ1v) is 7.97. The molecule has 0 saturated carbocycles. The van der Waals surface area contributed by atoms with Gasteiger partial charge in [0.2, 0.25) is 0 Å². The summed E-state index contributed by atoms with van der Waals surface area (Å²) in [6.07, 6.45) is 0.985. The van der Waals surface area contributed by atoms with Gasteiger partial charge in [-0.25, -0.2) is 0 Å². The van der Waals surface area contributed by atoms with Crippen LogP contribution in [0.2, 0.25) is 6.55 Å². The molecule has 4 heteroatoms. The molecule has 1 N–H and O–H groups in total. The second-order valence-corrected chi connectivity index (χ2v) is 7.44. The molecule has 16 heavy (non-hydrogen) atoms. The Hall–Kier alpha value is -0.843. The average molecular weight is 239 g/mol. The predicted molar refractivity (Wildman–Crippen MR) is 69.8 cm³/mol. The van der Waals surface area contributed by atoms with Gasteiger partial charge in [0.05, 0.1) is 5.67 Å². The van der Waals surface area contributed by atoms with Gasteiger partial charge >= 0.3 is 8.56 Å².